The molecule has 0 fully saturated rings. The second-order valence-corrected chi connectivity index (χ2v) is 6.17. The van der Waals surface area contributed by atoms with Crippen molar-refractivity contribution < 1.29 is 9.53 Å². The van der Waals surface area contributed by atoms with E-state index in [1.165, 1.54) is 0 Å². The van der Waals surface area contributed by atoms with Crippen molar-refractivity contribution in [3.8, 4) is 0 Å². The first-order valence-corrected chi connectivity index (χ1v) is 7.74. The maximum atomic E-state index is 11.7. The van der Waals surface area contributed by atoms with Crippen molar-refractivity contribution in [3.05, 3.63) is 33.8 Å². The van der Waals surface area contributed by atoms with Gasteiger partial charge in [0.05, 0.1) is 17.2 Å². The van der Waals surface area contributed by atoms with Crippen molar-refractivity contribution in [1.29, 1.82) is 0 Å². The highest BCUT2D eigenvalue weighted by Gasteiger charge is 2.30. The minimum atomic E-state index is -0.319. The molecule has 0 aromatic heterocycles. The van der Waals surface area contributed by atoms with E-state index < -0.39 is 0 Å². The number of halogens is 1. The lowest BCUT2D eigenvalue weighted by atomic mass is 10.1. The van der Waals surface area contributed by atoms with Gasteiger partial charge in [-0.05, 0) is 40.7 Å². The van der Waals surface area contributed by atoms with Crippen LogP contribution >= 0.6 is 27.7 Å². The molecule has 0 amide bonds. The number of fused-ring (bicyclic) bond motifs is 1. The van der Waals surface area contributed by atoms with E-state index in [0.29, 0.717) is 11.5 Å². The molecule has 0 bridgehead atoms. The van der Waals surface area contributed by atoms with Gasteiger partial charge in [0.1, 0.15) is 0 Å². The number of carbonyl (C=O) groups excluding carboxylic acids is 1. The SMILES string of the molecule is CCSC[C@H](C)N=C1OC(=O)c2cccc(Br)c21. The standard InChI is InChI=1S/C13H14BrNO2S/c1-3-18-7-8(2)15-12-11-9(13(16)17-12)5-4-6-10(11)14/h4-6,8H,3,7H2,1-2H3/t8-/m0/s1. The van der Waals surface area contributed by atoms with E-state index in [4.69, 9.17) is 4.74 Å². The van der Waals surface area contributed by atoms with Crippen LogP contribution in [-0.4, -0.2) is 29.4 Å². The molecule has 3 nitrogen and oxygen atoms in total. The van der Waals surface area contributed by atoms with E-state index in [-0.39, 0.29) is 12.0 Å². The van der Waals surface area contributed by atoms with Gasteiger partial charge in [0.15, 0.2) is 0 Å². The van der Waals surface area contributed by atoms with Crippen LogP contribution in [0.4, 0.5) is 0 Å². The Bertz CT molecular complexity index is 502. The number of hydrogen-bond donors (Lipinski definition) is 0. The minimum absolute atomic E-state index is 0.135. The molecule has 1 aliphatic rings. The predicted octanol–water partition coefficient (Wildman–Crippen LogP) is 3.51. The van der Waals surface area contributed by atoms with Crippen LogP contribution in [0, 0.1) is 0 Å². The minimum Gasteiger partial charge on any atom is -0.403 e. The van der Waals surface area contributed by atoms with Gasteiger partial charge in [-0.25, -0.2) is 9.79 Å². The Morgan fingerprint density at radius 2 is 2.28 bits per heavy atom. The molecule has 0 aliphatic carbocycles. The van der Waals surface area contributed by atoms with Gasteiger partial charge in [-0.15, -0.1) is 0 Å². The molecule has 18 heavy (non-hydrogen) atoms. The lowest BCUT2D eigenvalue weighted by Crippen LogP contribution is -2.09. The maximum absolute atomic E-state index is 11.7. The van der Waals surface area contributed by atoms with Crippen LogP contribution in [0.5, 0.6) is 0 Å². The summed E-state index contributed by atoms with van der Waals surface area (Å²) in [5, 5.41) is 0. The van der Waals surface area contributed by atoms with Crippen molar-refractivity contribution in [2.45, 2.75) is 19.9 Å². The van der Waals surface area contributed by atoms with Gasteiger partial charge in [0.25, 0.3) is 0 Å². The summed E-state index contributed by atoms with van der Waals surface area (Å²) in [7, 11) is 0. The summed E-state index contributed by atoms with van der Waals surface area (Å²) in [5.74, 6) is 2.11. The third-order valence-corrected chi connectivity index (χ3v) is 4.32. The second kappa shape index (κ2) is 5.89. The smallest absolute Gasteiger partial charge is 0.345 e. The Labute approximate surface area is 119 Å². The largest absolute Gasteiger partial charge is 0.403 e. The number of rotatable bonds is 4. The first-order chi connectivity index (χ1) is 8.63. The Morgan fingerprint density at radius 1 is 1.50 bits per heavy atom. The molecule has 2 rings (SSSR count). The van der Waals surface area contributed by atoms with Gasteiger partial charge < -0.3 is 4.74 Å². The van der Waals surface area contributed by atoms with Crippen molar-refractivity contribution >= 4 is 39.6 Å². The van der Waals surface area contributed by atoms with E-state index in [0.717, 1.165) is 21.5 Å². The Balaban J connectivity index is 2.28. The number of nitrogens with zero attached hydrogens (tertiary/aromatic N) is 1. The van der Waals surface area contributed by atoms with Crippen LogP contribution in [0.25, 0.3) is 0 Å². The van der Waals surface area contributed by atoms with E-state index in [2.05, 4.69) is 27.8 Å². The fourth-order valence-corrected chi connectivity index (χ4v) is 2.91. The first-order valence-electron chi connectivity index (χ1n) is 5.80. The summed E-state index contributed by atoms with van der Waals surface area (Å²) in [4.78, 5) is 16.2. The van der Waals surface area contributed by atoms with Crippen molar-refractivity contribution in [3.63, 3.8) is 0 Å². The van der Waals surface area contributed by atoms with E-state index >= 15 is 0 Å². The van der Waals surface area contributed by atoms with Gasteiger partial charge in [-0.3, -0.25) is 0 Å². The zero-order chi connectivity index (χ0) is 13.1. The van der Waals surface area contributed by atoms with Crippen LogP contribution < -0.4 is 0 Å². The van der Waals surface area contributed by atoms with Crippen LogP contribution in [0.15, 0.2) is 27.7 Å². The molecule has 0 saturated carbocycles. The molecule has 0 unspecified atom stereocenters. The molecule has 0 radical (unpaired) electrons. The second-order valence-electron chi connectivity index (χ2n) is 3.99. The third-order valence-electron chi connectivity index (χ3n) is 2.54. The number of esters is 1. The maximum Gasteiger partial charge on any atom is 0.345 e. The fraction of sp³-hybridized carbons (Fsp3) is 0.385. The summed E-state index contributed by atoms with van der Waals surface area (Å²) in [6.07, 6.45) is 0. The molecular weight excluding hydrogens is 314 g/mol. The summed E-state index contributed by atoms with van der Waals surface area (Å²) in [6.45, 7) is 4.14. The molecule has 1 atom stereocenters. The van der Waals surface area contributed by atoms with Gasteiger partial charge >= 0.3 is 5.97 Å². The van der Waals surface area contributed by atoms with Gasteiger partial charge in [0.2, 0.25) is 5.90 Å². The molecule has 1 aliphatic heterocycles. The van der Waals surface area contributed by atoms with Crippen LogP contribution in [0.2, 0.25) is 0 Å². The van der Waals surface area contributed by atoms with Crippen LogP contribution in [0.1, 0.15) is 29.8 Å². The van der Waals surface area contributed by atoms with E-state index in [1.54, 1.807) is 6.07 Å². The lowest BCUT2D eigenvalue weighted by molar-refractivity contribution is 0.0736. The molecule has 0 saturated heterocycles. The van der Waals surface area contributed by atoms with Crippen molar-refractivity contribution in [1.82, 2.24) is 0 Å². The number of thioether (sulfide) groups is 1. The zero-order valence-electron chi connectivity index (χ0n) is 10.3. The van der Waals surface area contributed by atoms with E-state index in [9.17, 15) is 4.79 Å². The third kappa shape index (κ3) is 2.78. The molecule has 0 spiro atoms. The number of hydrogen-bond acceptors (Lipinski definition) is 4. The predicted molar refractivity (Wildman–Crippen MR) is 78.6 cm³/mol. The molecule has 0 N–H and O–H groups in total. The number of benzene rings is 1. The van der Waals surface area contributed by atoms with Crippen LogP contribution in [0.3, 0.4) is 0 Å². The fourth-order valence-electron chi connectivity index (χ4n) is 1.72. The highest BCUT2D eigenvalue weighted by molar-refractivity contribution is 9.10. The average molecular weight is 328 g/mol. The zero-order valence-corrected chi connectivity index (χ0v) is 12.7. The molecule has 96 valence electrons. The topological polar surface area (TPSA) is 38.7 Å². The van der Waals surface area contributed by atoms with E-state index in [1.807, 2.05) is 30.8 Å². The normalized spacial score (nSPS) is 17.7. The number of aliphatic imine (C=N–C) groups is 1. The first kappa shape index (κ1) is 13.6. The van der Waals surface area contributed by atoms with Crippen molar-refractivity contribution in [2.75, 3.05) is 11.5 Å². The molecule has 1 aromatic carbocycles. The van der Waals surface area contributed by atoms with Crippen molar-refractivity contribution in [2.24, 2.45) is 4.99 Å². The number of carbonyl (C=O) groups is 1. The summed E-state index contributed by atoms with van der Waals surface area (Å²) >= 11 is 5.27. The lowest BCUT2D eigenvalue weighted by Gasteiger charge is -2.06. The summed E-state index contributed by atoms with van der Waals surface area (Å²) in [6, 6.07) is 5.61. The molecule has 1 heterocycles. The Hall–Kier alpha value is -0.810. The van der Waals surface area contributed by atoms with Gasteiger partial charge in [0, 0.05) is 10.2 Å². The van der Waals surface area contributed by atoms with Crippen LogP contribution in [-0.2, 0) is 4.74 Å². The van der Waals surface area contributed by atoms with Gasteiger partial charge in [-0.1, -0.05) is 13.0 Å². The number of ether oxygens (including phenoxy) is 1. The molecule has 1 aromatic rings. The monoisotopic (exact) mass is 327 g/mol. The Kier molecular flexibility index (Phi) is 4.45. The highest BCUT2D eigenvalue weighted by Crippen LogP contribution is 2.28. The summed E-state index contributed by atoms with van der Waals surface area (Å²) in [5.41, 5.74) is 1.36. The summed E-state index contributed by atoms with van der Waals surface area (Å²) < 4.78 is 6.08. The molecular formula is C13H14BrNO2S. The number of cyclic esters (lactones) is 1. The highest BCUT2D eigenvalue weighted by atomic mass is 79.9. The van der Waals surface area contributed by atoms with Gasteiger partial charge in [-0.2, -0.15) is 11.8 Å². The molecule has 5 heteroatoms. The average Bonchev–Trinajstić information content (AvgIpc) is 2.65. The quantitative estimate of drug-likeness (QED) is 0.794. The Morgan fingerprint density at radius 3 is 3.00 bits per heavy atom.